The number of benzene rings is 2. The van der Waals surface area contributed by atoms with E-state index >= 15 is 0 Å². The lowest BCUT2D eigenvalue weighted by Crippen LogP contribution is -2.56. The van der Waals surface area contributed by atoms with E-state index in [1.165, 1.54) is 12.1 Å². The number of nitrogens with zero attached hydrogens (tertiary/aromatic N) is 2. The minimum atomic E-state index is -0.893. The molecule has 150 valence electrons. The van der Waals surface area contributed by atoms with Crippen LogP contribution in [-0.4, -0.2) is 51.8 Å². The number of hydrogen-bond donors (Lipinski definition) is 2. The summed E-state index contributed by atoms with van der Waals surface area (Å²) in [5.74, 6) is -0.510. The van der Waals surface area contributed by atoms with Gasteiger partial charge in [0.2, 0.25) is 0 Å². The second kappa shape index (κ2) is 7.89. The lowest BCUT2D eigenvalue weighted by atomic mass is 9.73. The van der Waals surface area contributed by atoms with Crippen molar-refractivity contribution < 1.29 is 19.4 Å². The van der Waals surface area contributed by atoms with E-state index in [0.717, 1.165) is 16.5 Å². The van der Waals surface area contributed by atoms with Crippen LogP contribution in [0.1, 0.15) is 22.3 Å². The molecule has 1 fully saturated rings. The number of aromatic nitrogens is 1. The fourth-order valence-electron chi connectivity index (χ4n) is 4.09. The van der Waals surface area contributed by atoms with Crippen LogP contribution in [0.3, 0.4) is 0 Å². The fraction of sp³-hybridized carbons (Fsp3) is 0.304. The molecule has 0 unspecified atom stereocenters. The lowest BCUT2D eigenvalue weighted by molar-refractivity contribution is -0.0668. The molecule has 0 aliphatic carbocycles. The van der Waals surface area contributed by atoms with Gasteiger partial charge >= 0.3 is 0 Å². The summed E-state index contributed by atoms with van der Waals surface area (Å²) in [4.78, 5) is 19.2. The molecule has 2 atom stereocenters. The molecule has 29 heavy (non-hydrogen) atoms. The Balaban J connectivity index is 1.59. The minimum Gasteiger partial charge on any atom is -0.396 e. The Hall–Kier alpha value is -2.83. The van der Waals surface area contributed by atoms with Crippen LogP contribution in [0.5, 0.6) is 0 Å². The minimum absolute atomic E-state index is 0.174. The van der Waals surface area contributed by atoms with Crippen LogP contribution in [0, 0.1) is 11.2 Å². The largest absolute Gasteiger partial charge is 0.396 e. The first-order valence-electron chi connectivity index (χ1n) is 9.68. The SMILES string of the molecule is O=C(c1cnc2ccccc2c1)N1CC[C@H](O)[C@@](CO)(Cc2ccc(F)cc2)C1. The van der Waals surface area contributed by atoms with Crippen molar-refractivity contribution in [3.63, 3.8) is 0 Å². The van der Waals surface area contributed by atoms with E-state index in [1.54, 1.807) is 23.2 Å². The zero-order chi connectivity index (χ0) is 20.4. The van der Waals surface area contributed by atoms with Crippen LogP contribution >= 0.6 is 0 Å². The van der Waals surface area contributed by atoms with Crippen molar-refractivity contribution in [2.45, 2.75) is 18.9 Å². The zero-order valence-electron chi connectivity index (χ0n) is 16.0. The first-order valence-corrected chi connectivity index (χ1v) is 9.68. The topological polar surface area (TPSA) is 73.7 Å². The monoisotopic (exact) mass is 394 g/mol. The summed E-state index contributed by atoms with van der Waals surface area (Å²) in [6.07, 6.45) is 1.53. The summed E-state index contributed by atoms with van der Waals surface area (Å²) < 4.78 is 13.2. The number of amides is 1. The van der Waals surface area contributed by atoms with Gasteiger partial charge in [-0.25, -0.2) is 4.39 Å². The molecule has 1 amide bonds. The number of fused-ring (bicyclic) bond motifs is 1. The smallest absolute Gasteiger partial charge is 0.255 e. The van der Waals surface area contributed by atoms with Gasteiger partial charge in [0.05, 0.1) is 23.8 Å². The van der Waals surface area contributed by atoms with E-state index in [9.17, 15) is 19.4 Å². The molecule has 1 aliphatic heterocycles. The molecule has 5 nitrogen and oxygen atoms in total. The maximum absolute atomic E-state index is 13.2. The summed E-state index contributed by atoms with van der Waals surface area (Å²) in [5.41, 5.74) is 1.21. The van der Waals surface area contributed by atoms with E-state index in [0.29, 0.717) is 24.9 Å². The Morgan fingerprint density at radius 2 is 1.97 bits per heavy atom. The second-order valence-corrected chi connectivity index (χ2v) is 7.77. The number of carbonyl (C=O) groups excluding carboxylic acids is 1. The second-order valence-electron chi connectivity index (χ2n) is 7.77. The van der Waals surface area contributed by atoms with Gasteiger partial charge in [-0.1, -0.05) is 30.3 Å². The van der Waals surface area contributed by atoms with Gasteiger partial charge in [0.1, 0.15) is 5.82 Å². The average molecular weight is 394 g/mol. The molecular formula is C23H23FN2O3. The molecule has 0 radical (unpaired) electrons. The number of para-hydroxylation sites is 1. The Morgan fingerprint density at radius 1 is 1.21 bits per heavy atom. The molecule has 2 N–H and O–H groups in total. The van der Waals surface area contributed by atoms with Crippen molar-refractivity contribution in [3.8, 4) is 0 Å². The number of carbonyl (C=O) groups is 1. The van der Waals surface area contributed by atoms with E-state index in [-0.39, 0.29) is 24.9 Å². The number of aliphatic hydroxyl groups excluding tert-OH is 2. The molecule has 0 bridgehead atoms. The highest BCUT2D eigenvalue weighted by Gasteiger charge is 2.44. The predicted octanol–water partition coefficient (Wildman–Crippen LogP) is 2.80. The van der Waals surface area contributed by atoms with Gasteiger partial charge in [-0.3, -0.25) is 9.78 Å². The summed E-state index contributed by atoms with van der Waals surface area (Å²) in [6, 6.07) is 15.4. The Bertz CT molecular complexity index is 1020. The summed E-state index contributed by atoms with van der Waals surface area (Å²) >= 11 is 0. The van der Waals surface area contributed by atoms with Crippen LogP contribution in [0.25, 0.3) is 10.9 Å². The third-order valence-electron chi connectivity index (χ3n) is 5.79. The number of hydrogen-bond acceptors (Lipinski definition) is 4. The van der Waals surface area contributed by atoms with E-state index in [1.807, 2.05) is 30.3 Å². The molecular weight excluding hydrogens is 371 g/mol. The van der Waals surface area contributed by atoms with Crippen LogP contribution in [0.2, 0.25) is 0 Å². The van der Waals surface area contributed by atoms with Crippen molar-refractivity contribution in [1.29, 1.82) is 0 Å². The maximum Gasteiger partial charge on any atom is 0.255 e. The molecule has 3 aromatic rings. The average Bonchev–Trinajstić information content (AvgIpc) is 2.76. The number of likely N-dealkylation sites (tertiary alicyclic amines) is 1. The lowest BCUT2D eigenvalue weighted by Gasteiger charge is -2.45. The van der Waals surface area contributed by atoms with E-state index < -0.39 is 11.5 Å². The van der Waals surface area contributed by atoms with Crippen LogP contribution in [0.4, 0.5) is 4.39 Å². The molecule has 1 aliphatic rings. The highest BCUT2D eigenvalue weighted by Crippen LogP contribution is 2.34. The van der Waals surface area contributed by atoms with Crippen molar-refractivity contribution in [3.05, 3.63) is 77.7 Å². The standard InChI is InChI=1S/C23H23FN2O3/c24-19-7-5-16(6-8-19)12-23(15-27)14-26(10-9-21(23)28)22(29)18-11-17-3-1-2-4-20(17)25-13-18/h1-8,11,13,21,27-28H,9-10,12,14-15H2/t21-,23-/m0/s1. The molecule has 1 saturated heterocycles. The van der Waals surface area contributed by atoms with Gasteiger partial charge in [-0.2, -0.15) is 0 Å². The van der Waals surface area contributed by atoms with Crippen molar-refractivity contribution in [1.82, 2.24) is 9.88 Å². The summed E-state index contributed by atoms with van der Waals surface area (Å²) in [6.45, 7) is 0.344. The van der Waals surface area contributed by atoms with E-state index in [2.05, 4.69) is 4.98 Å². The number of pyridine rings is 1. The van der Waals surface area contributed by atoms with Crippen LogP contribution in [0.15, 0.2) is 60.8 Å². The van der Waals surface area contributed by atoms with Gasteiger partial charge in [0.15, 0.2) is 0 Å². The van der Waals surface area contributed by atoms with Crippen molar-refractivity contribution in [2.24, 2.45) is 5.41 Å². The van der Waals surface area contributed by atoms with Gasteiger partial charge < -0.3 is 15.1 Å². The van der Waals surface area contributed by atoms with Gasteiger partial charge in [0.25, 0.3) is 5.91 Å². The molecule has 0 saturated carbocycles. The molecule has 2 aromatic carbocycles. The first-order chi connectivity index (χ1) is 14.0. The van der Waals surface area contributed by atoms with Crippen LogP contribution in [-0.2, 0) is 6.42 Å². The molecule has 4 rings (SSSR count). The highest BCUT2D eigenvalue weighted by atomic mass is 19.1. The summed E-state index contributed by atoms with van der Waals surface area (Å²) in [7, 11) is 0. The highest BCUT2D eigenvalue weighted by molar-refractivity contribution is 5.97. The quantitative estimate of drug-likeness (QED) is 0.714. The maximum atomic E-state index is 13.2. The van der Waals surface area contributed by atoms with Gasteiger partial charge in [0, 0.05) is 30.1 Å². The van der Waals surface area contributed by atoms with Gasteiger partial charge in [-0.05, 0) is 42.7 Å². The zero-order valence-corrected chi connectivity index (χ0v) is 16.0. The number of aliphatic hydroxyl groups is 2. The van der Waals surface area contributed by atoms with Crippen molar-refractivity contribution >= 4 is 16.8 Å². The number of piperidine rings is 1. The van der Waals surface area contributed by atoms with Crippen LogP contribution < -0.4 is 0 Å². The Kier molecular flexibility index (Phi) is 5.30. The Labute approximate surface area is 168 Å². The van der Waals surface area contributed by atoms with E-state index in [4.69, 9.17) is 0 Å². The number of halogens is 1. The fourth-order valence-corrected chi connectivity index (χ4v) is 4.09. The third-order valence-corrected chi connectivity index (χ3v) is 5.79. The molecule has 2 heterocycles. The van der Waals surface area contributed by atoms with Gasteiger partial charge in [-0.15, -0.1) is 0 Å². The predicted molar refractivity (Wildman–Crippen MR) is 108 cm³/mol. The molecule has 0 spiro atoms. The summed E-state index contributed by atoms with van der Waals surface area (Å²) in [5, 5.41) is 21.7. The first kappa shape index (κ1) is 19.5. The number of rotatable bonds is 4. The van der Waals surface area contributed by atoms with Crippen molar-refractivity contribution in [2.75, 3.05) is 19.7 Å². The molecule has 1 aromatic heterocycles. The Morgan fingerprint density at radius 3 is 2.72 bits per heavy atom. The normalized spacial score (nSPS) is 22.0. The third kappa shape index (κ3) is 3.86. The molecule has 6 heteroatoms.